The summed E-state index contributed by atoms with van der Waals surface area (Å²) in [6.07, 6.45) is 4.01. The predicted molar refractivity (Wildman–Crippen MR) is 32.7 cm³/mol. The molecule has 0 radical (unpaired) electrons. The highest BCUT2D eigenvalue weighted by molar-refractivity contribution is 7.98. The van der Waals surface area contributed by atoms with Gasteiger partial charge in [0.15, 0.2) is 0 Å². The van der Waals surface area contributed by atoms with Gasteiger partial charge in [0.25, 0.3) is 0 Å². The van der Waals surface area contributed by atoms with Crippen molar-refractivity contribution in [2.45, 2.75) is 12.5 Å². The van der Waals surface area contributed by atoms with Gasteiger partial charge in [0.1, 0.15) is 0 Å². The fourth-order valence-corrected chi connectivity index (χ4v) is 0.983. The summed E-state index contributed by atoms with van der Waals surface area (Å²) in [5.74, 6) is 1.25. The maximum Gasteiger partial charge on any atom is 0.0817 e. The zero-order chi connectivity index (χ0) is 5.11. The van der Waals surface area contributed by atoms with Crippen LogP contribution in [0.25, 0.3) is 0 Å². The monoisotopic (exact) mass is 118 g/mol. The average molecular weight is 118 g/mol. The second kappa shape index (κ2) is 2.58. The van der Waals surface area contributed by atoms with Gasteiger partial charge in [-0.15, -0.1) is 0 Å². The summed E-state index contributed by atoms with van der Waals surface area (Å²) in [6.45, 7) is 1.01. The minimum atomic E-state index is 0.632. The first-order valence-electron chi connectivity index (χ1n) is 2.54. The number of epoxide rings is 1. The third-order valence-corrected chi connectivity index (χ3v) is 1.69. The van der Waals surface area contributed by atoms with Crippen molar-refractivity contribution in [2.75, 3.05) is 18.6 Å². The van der Waals surface area contributed by atoms with E-state index < -0.39 is 0 Å². The van der Waals surface area contributed by atoms with Crippen molar-refractivity contribution in [1.82, 2.24) is 0 Å². The Bertz CT molecular complexity index is 52.0. The molecule has 0 N–H and O–H groups in total. The lowest BCUT2D eigenvalue weighted by atomic mass is 10.4. The highest BCUT2D eigenvalue weighted by atomic mass is 32.2. The molecule has 0 unspecified atom stereocenters. The Labute approximate surface area is 48.4 Å². The van der Waals surface area contributed by atoms with Crippen molar-refractivity contribution in [1.29, 1.82) is 0 Å². The summed E-state index contributed by atoms with van der Waals surface area (Å²) in [6, 6.07) is 0. The normalized spacial score (nSPS) is 27.9. The van der Waals surface area contributed by atoms with Crippen molar-refractivity contribution in [3.8, 4) is 0 Å². The van der Waals surface area contributed by atoms with Gasteiger partial charge in [-0.2, -0.15) is 11.8 Å². The lowest BCUT2D eigenvalue weighted by Gasteiger charge is -1.86. The van der Waals surface area contributed by atoms with Gasteiger partial charge in [0.05, 0.1) is 12.7 Å². The van der Waals surface area contributed by atoms with Crippen molar-refractivity contribution >= 4 is 11.8 Å². The minimum Gasteiger partial charge on any atom is -0.373 e. The maximum absolute atomic E-state index is 5.00. The van der Waals surface area contributed by atoms with Gasteiger partial charge in [0.2, 0.25) is 0 Å². The van der Waals surface area contributed by atoms with Crippen LogP contribution in [0.15, 0.2) is 0 Å². The first-order chi connectivity index (χ1) is 3.43. The van der Waals surface area contributed by atoms with Crippen molar-refractivity contribution in [3.05, 3.63) is 0 Å². The van der Waals surface area contributed by atoms with E-state index >= 15 is 0 Å². The number of rotatable bonds is 3. The summed E-state index contributed by atoms with van der Waals surface area (Å²) < 4.78 is 5.00. The largest absolute Gasteiger partial charge is 0.373 e. The summed E-state index contributed by atoms with van der Waals surface area (Å²) in [4.78, 5) is 0. The molecule has 0 aromatic heterocycles. The van der Waals surface area contributed by atoms with Crippen LogP contribution in [0.3, 0.4) is 0 Å². The van der Waals surface area contributed by atoms with Gasteiger partial charge >= 0.3 is 0 Å². The van der Waals surface area contributed by atoms with E-state index in [-0.39, 0.29) is 0 Å². The molecule has 1 aliphatic heterocycles. The second-order valence-corrected chi connectivity index (χ2v) is 2.72. The molecule has 1 atom stereocenters. The zero-order valence-corrected chi connectivity index (χ0v) is 5.33. The van der Waals surface area contributed by atoms with Crippen LogP contribution < -0.4 is 0 Å². The molecule has 0 saturated carbocycles. The van der Waals surface area contributed by atoms with E-state index in [2.05, 4.69) is 6.26 Å². The third-order valence-electron chi connectivity index (χ3n) is 1.05. The van der Waals surface area contributed by atoms with E-state index in [1.54, 1.807) is 0 Å². The molecule has 2 heteroatoms. The molecule has 42 valence electrons. The average Bonchev–Trinajstić information content (AvgIpc) is 2.42. The van der Waals surface area contributed by atoms with Gasteiger partial charge in [-0.3, -0.25) is 0 Å². The van der Waals surface area contributed by atoms with Crippen molar-refractivity contribution in [3.63, 3.8) is 0 Å². The zero-order valence-electron chi connectivity index (χ0n) is 4.52. The standard InChI is InChI=1S/C5H10OS/c1-7-3-2-5-4-6-5/h5H,2-4H2,1H3/t5-/m1/s1. The minimum absolute atomic E-state index is 0.632. The third kappa shape index (κ3) is 2.19. The lowest BCUT2D eigenvalue weighted by Crippen LogP contribution is -1.85. The van der Waals surface area contributed by atoms with Gasteiger partial charge in [-0.25, -0.2) is 0 Å². The van der Waals surface area contributed by atoms with Crippen LogP contribution in [0.5, 0.6) is 0 Å². The molecule has 7 heavy (non-hydrogen) atoms. The van der Waals surface area contributed by atoms with E-state index in [1.807, 2.05) is 11.8 Å². The van der Waals surface area contributed by atoms with Crippen LogP contribution in [0.2, 0.25) is 0 Å². The molecule has 1 aliphatic rings. The van der Waals surface area contributed by atoms with Gasteiger partial charge in [-0.1, -0.05) is 0 Å². The fourth-order valence-electron chi connectivity index (χ4n) is 0.484. The van der Waals surface area contributed by atoms with E-state index in [0.29, 0.717) is 6.10 Å². The second-order valence-electron chi connectivity index (χ2n) is 1.74. The first-order valence-corrected chi connectivity index (χ1v) is 3.93. The Balaban J connectivity index is 1.80. The summed E-state index contributed by atoms with van der Waals surface area (Å²) in [5.41, 5.74) is 0. The van der Waals surface area contributed by atoms with Crippen molar-refractivity contribution < 1.29 is 4.74 Å². The van der Waals surface area contributed by atoms with Gasteiger partial charge in [-0.05, 0) is 18.4 Å². The molecule has 1 fully saturated rings. The van der Waals surface area contributed by atoms with E-state index in [1.165, 1.54) is 12.2 Å². The molecular formula is C5H10OS. The van der Waals surface area contributed by atoms with Crippen LogP contribution in [0.4, 0.5) is 0 Å². The van der Waals surface area contributed by atoms with Crippen LogP contribution in [-0.2, 0) is 4.74 Å². The highest BCUT2D eigenvalue weighted by Gasteiger charge is 2.20. The maximum atomic E-state index is 5.00. The predicted octanol–water partition coefficient (Wildman–Crippen LogP) is 1.14. The Morgan fingerprint density at radius 1 is 1.86 bits per heavy atom. The van der Waals surface area contributed by atoms with Crippen LogP contribution >= 0.6 is 11.8 Å². The Morgan fingerprint density at radius 2 is 2.57 bits per heavy atom. The molecular weight excluding hydrogens is 108 g/mol. The van der Waals surface area contributed by atoms with Gasteiger partial charge in [0, 0.05) is 0 Å². The summed E-state index contributed by atoms with van der Waals surface area (Å²) >= 11 is 1.89. The molecule has 1 nitrogen and oxygen atoms in total. The Hall–Kier alpha value is 0.310. The molecule has 0 amide bonds. The molecule has 0 bridgehead atoms. The highest BCUT2D eigenvalue weighted by Crippen LogP contribution is 2.14. The first kappa shape index (κ1) is 5.45. The molecule has 0 aromatic carbocycles. The molecule has 1 saturated heterocycles. The number of ether oxygens (including phenoxy) is 1. The lowest BCUT2D eigenvalue weighted by molar-refractivity contribution is 0.404. The number of thioether (sulfide) groups is 1. The van der Waals surface area contributed by atoms with Crippen molar-refractivity contribution in [2.24, 2.45) is 0 Å². The molecule has 0 spiro atoms. The smallest absolute Gasteiger partial charge is 0.0817 e. The molecule has 0 aromatic rings. The number of hydrogen-bond acceptors (Lipinski definition) is 2. The Kier molecular flexibility index (Phi) is 2.00. The van der Waals surface area contributed by atoms with Crippen LogP contribution in [-0.4, -0.2) is 24.7 Å². The van der Waals surface area contributed by atoms with Crippen LogP contribution in [0, 0.1) is 0 Å². The number of hydrogen-bond donors (Lipinski definition) is 0. The van der Waals surface area contributed by atoms with E-state index in [9.17, 15) is 0 Å². The Morgan fingerprint density at radius 3 is 3.00 bits per heavy atom. The quantitative estimate of drug-likeness (QED) is 0.515. The molecule has 0 aliphatic carbocycles. The van der Waals surface area contributed by atoms with Gasteiger partial charge < -0.3 is 4.74 Å². The molecule has 1 rings (SSSR count). The van der Waals surface area contributed by atoms with Crippen LogP contribution in [0.1, 0.15) is 6.42 Å². The SMILES string of the molecule is CSCC[C@@H]1CO1. The molecule has 1 heterocycles. The van der Waals surface area contributed by atoms with E-state index in [0.717, 1.165) is 6.61 Å². The van der Waals surface area contributed by atoms with E-state index in [4.69, 9.17) is 4.74 Å². The summed E-state index contributed by atoms with van der Waals surface area (Å²) in [5, 5.41) is 0. The summed E-state index contributed by atoms with van der Waals surface area (Å²) in [7, 11) is 0. The fraction of sp³-hybridized carbons (Fsp3) is 1.00. The topological polar surface area (TPSA) is 12.5 Å².